The van der Waals surface area contributed by atoms with Gasteiger partial charge in [0.15, 0.2) is 0 Å². The molecule has 0 saturated carbocycles. The zero-order valence-corrected chi connectivity index (χ0v) is 11.7. The number of benzene rings is 1. The highest BCUT2D eigenvalue weighted by atomic mass is 35.5. The third kappa shape index (κ3) is 4.71. The first-order valence-corrected chi connectivity index (χ1v) is 5.98. The van der Waals surface area contributed by atoms with E-state index >= 15 is 0 Å². The predicted molar refractivity (Wildman–Crippen MR) is 73.9 cm³/mol. The molecule has 0 aliphatic heterocycles. The number of hydrogen-bond acceptors (Lipinski definition) is 4. The summed E-state index contributed by atoms with van der Waals surface area (Å²) < 4.78 is 5.07. The Morgan fingerprint density at radius 1 is 1.37 bits per heavy atom. The molecule has 0 aliphatic carbocycles. The Hall–Kier alpha value is -1.88. The lowest BCUT2D eigenvalue weighted by Crippen LogP contribution is -2.20. The Morgan fingerprint density at radius 2 is 2.05 bits per heavy atom. The van der Waals surface area contributed by atoms with Crippen LogP contribution in [0.3, 0.4) is 0 Å². The monoisotopic (exact) mass is 282 g/mol. The number of methoxy groups -OCH3 is 1. The Bertz CT molecular complexity index is 527. The number of hydrazone groups is 1. The first-order chi connectivity index (χ1) is 8.93. The minimum atomic E-state index is -0.442. The molecular weight excluding hydrogens is 268 g/mol. The second-order valence-corrected chi connectivity index (χ2v) is 4.45. The standard InChI is InChI=1S/C13H15ClN2O3/c1-8(6-9(2)17)15-16-13(18)11-7-10(14)4-5-12(11)19-3/h4-5,7H,6H2,1-3H3,(H,16,18)/b15-8-. The van der Waals surface area contributed by atoms with E-state index in [1.165, 1.54) is 20.1 Å². The van der Waals surface area contributed by atoms with Gasteiger partial charge in [-0.1, -0.05) is 11.6 Å². The maximum atomic E-state index is 11.9. The summed E-state index contributed by atoms with van der Waals surface area (Å²) in [7, 11) is 1.46. The van der Waals surface area contributed by atoms with Gasteiger partial charge in [0, 0.05) is 17.2 Å². The molecule has 0 heterocycles. The first-order valence-electron chi connectivity index (χ1n) is 5.60. The predicted octanol–water partition coefficient (Wildman–Crippen LogP) is 2.43. The van der Waals surface area contributed by atoms with E-state index in [9.17, 15) is 9.59 Å². The van der Waals surface area contributed by atoms with Gasteiger partial charge in [-0.05, 0) is 32.0 Å². The second-order valence-electron chi connectivity index (χ2n) is 4.01. The van der Waals surface area contributed by atoms with Crippen LogP contribution in [0.4, 0.5) is 0 Å². The molecule has 5 nitrogen and oxygen atoms in total. The SMILES string of the molecule is COc1ccc(Cl)cc1C(=O)N/N=C(/C)CC(C)=O. The van der Waals surface area contributed by atoms with E-state index < -0.39 is 5.91 Å². The van der Waals surface area contributed by atoms with Gasteiger partial charge in [-0.3, -0.25) is 9.59 Å². The summed E-state index contributed by atoms with van der Waals surface area (Å²) in [5, 5.41) is 4.27. The summed E-state index contributed by atoms with van der Waals surface area (Å²) in [6.45, 7) is 3.12. The fourth-order valence-electron chi connectivity index (χ4n) is 1.46. The summed E-state index contributed by atoms with van der Waals surface area (Å²) in [6.07, 6.45) is 0.201. The van der Waals surface area contributed by atoms with Gasteiger partial charge in [0.1, 0.15) is 11.5 Å². The molecule has 1 rings (SSSR count). The number of ketones is 1. The number of rotatable bonds is 5. The van der Waals surface area contributed by atoms with E-state index in [1.54, 1.807) is 19.1 Å². The lowest BCUT2D eigenvalue weighted by Gasteiger charge is -2.07. The highest BCUT2D eigenvalue weighted by Crippen LogP contribution is 2.22. The fourth-order valence-corrected chi connectivity index (χ4v) is 1.64. The number of ether oxygens (including phenoxy) is 1. The molecule has 0 saturated heterocycles. The molecule has 0 spiro atoms. The van der Waals surface area contributed by atoms with Gasteiger partial charge in [0.2, 0.25) is 0 Å². The lowest BCUT2D eigenvalue weighted by atomic mass is 10.2. The number of Topliss-reactive ketones (excluding diaryl/α,β-unsaturated/α-hetero) is 1. The molecular formula is C13H15ClN2O3. The van der Waals surface area contributed by atoms with Crippen LogP contribution in [0.2, 0.25) is 5.02 Å². The summed E-state index contributed by atoms with van der Waals surface area (Å²) in [4.78, 5) is 22.8. The van der Waals surface area contributed by atoms with Crippen LogP contribution in [0.25, 0.3) is 0 Å². The van der Waals surface area contributed by atoms with Gasteiger partial charge >= 0.3 is 0 Å². The van der Waals surface area contributed by atoms with Crippen LogP contribution in [-0.2, 0) is 4.79 Å². The van der Waals surface area contributed by atoms with Crippen molar-refractivity contribution in [1.29, 1.82) is 0 Å². The minimum Gasteiger partial charge on any atom is -0.496 e. The summed E-state index contributed by atoms with van der Waals surface area (Å²) in [5.74, 6) is -0.0561. The summed E-state index contributed by atoms with van der Waals surface area (Å²) >= 11 is 5.83. The van der Waals surface area contributed by atoms with Crippen molar-refractivity contribution in [3.05, 3.63) is 28.8 Å². The van der Waals surface area contributed by atoms with E-state index in [0.717, 1.165) is 0 Å². The van der Waals surface area contributed by atoms with E-state index in [4.69, 9.17) is 16.3 Å². The summed E-state index contributed by atoms with van der Waals surface area (Å²) in [6, 6.07) is 4.72. The van der Waals surface area contributed by atoms with Crippen molar-refractivity contribution in [3.63, 3.8) is 0 Å². The number of nitrogens with zero attached hydrogens (tertiary/aromatic N) is 1. The van der Waals surface area contributed by atoms with Gasteiger partial charge in [-0.15, -0.1) is 0 Å². The Kier molecular flexibility index (Phi) is 5.51. The van der Waals surface area contributed by atoms with Gasteiger partial charge in [0.25, 0.3) is 5.91 Å². The highest BCUT2D eigenvalue weighted by Gasteiger charge is 2.12. The maximum Gasteiger partial charge on any atom is 0.275 e. The van der Waals surface area contributed by atoms with E-state index in [1.807, 2.05) is 0 Å². The number of hydrogen-bond donors (Lipinski definition) is 1. The third-order valence-electron chi connectivity index (χ3n) is 2.26. The maximum absolute atomic E-state index is 11.9. The van der Waals surface area contributed by atoms with E-state index in [-0.39, 0.29) is 17.8 Å². The van der Waals surface area contributed by atoms with Crippen molar-refractivity contribution in [1.82, 2.24) is 5.43 Å². The zero-order chi connectivity index (χ0) is 14.4. The molecule has 0 fully saturated rings. The third-order valence-corrected chi connectivity index (χ3v) is 2.49. The van der Waals surface area contributed by atoms with Crippen molar-refractivity contribution >= 4 is 29.0 Å². The lowest BCUT2D eigenvalue weighted by molar-refractivity contribution is -0.115. The average Bonchev–Trinajstić information content (AvgIpc) is 2.35. The largest absolute Gasteiger partial charge is 0.496 e. The van der Waals surface area contributed by atoms with Crippen molar-refractivity contribution in [2.75, 3.05) is 7.11 Å². The van der Waals surface area contributed by atoms with Crippen LogP contribution < -0.4 is 10.2 Å². The van der Waals surface area contributed by atoms with E-state index in [0.29, 0.717) is 16.5 Å². The minimum absolute atomic E-state index is 0.0177. The Morgan fingerprint density at radius 3 is 2.63 bits per heavy atom. The molecule has 102 valence electrons. The molecule has 1 aromatic rings. The molecule has 19 heavy (non-hydrogen) atoms. The van der Waals surface area contributed by atoms with Crippen LogP contribution in [0.15, 0.2) is 23.3 Å². The number of amides is 1. The molecule has 0 radical (unpaired) electrons. The first kappa shape index (κ1) is 15.2. The molecule has 0 bridgehead atoms. The molecule has 0 aromatic heterocycles. The second kappa shape index (κ2) is 6.89. The fraction of sp³-hybridized carbons (Fsp3) is 0.308. The average molecular weight is 283 g/mol. The molecule has 1 aromatic carbocycles. The van der Waals surface area contributed by atoms with Crippen molar-refractivity contribution in [3.8, 4) is 5.75 Å². The molecule has 0 unspecified atom stereocenters. The number of carbonyl (C=O) groups excluding carboxylic acids is 2. The summed E-state index contributed by atoms with van der Waals surface area (Å²) in [5.41, 5.74) is 3.18. The van der Waals surface area contributed by atoms with Crippen LogP contribution in [0.5, 0.6) is 5.75 Å². The van der Waals surface area contributed by atoms with Crippen molar-refractivity contribution in [2.45, 2.75) is 20.3 Å². The Balaban J connectivity index is 2.84. The van der Waals surface area contributed by atoms with Gasteiger partial charge < -0.3 is 4.74 Å². The van der Waals surface area contributed by atoms with Gasteiger partial charge in [0.05, 0.1) is 12.7 Å². The van der Waals surface area contributed by atoms with Crippen LogP contribution in [0, 0.1) is 0 Å². The zero-order valence-electron chi connectivity index (χ0n) is 11.0. The molecule has 0 aliphatic rings. The molecule has 1 amide bonds. The Labute approximate surface area is 116 Å². The smallest absolute Gasteiger partial charge is 0.275 e. The number of carbonyl (C=O) groups is 2. The number of nitrogens with one attached hydrogen (secondary N) is 1. The van der Waals surface area contributed by atoms with Crippen molar-refractivity contribution < 1.29 is 14.3 Å². The highest BCUT2D eigenvalue weighted by molar-refractivity contribution is 6.31. The quantitative estimate of drug-likeness (QED) is 0.666. The molecule has 0 atom stereocenters. The van der Waals surface area contributed by atoms with Gasteiger partial charge in [-0.25, -0.2) is 5.43 Å². The van der Waals surface area contributed by atoms with Crippen LogP contribution >= 0.6 is 11.6 Å². The van der Waals surface area contributed by atoms with Gasteiger partial charge in [-0.2, -0.15) is 5.10 Å². The number of halogens is 1. The normalized spacial score (nSPS) is 11.1. The molecule has 6 heteroatoms. The molecule has 1 N–H and O–H groups in total. The topological polar surface area (TPSA) is 67.8 Å². The van der Waals surface area contributed by atoms with E-state index in [2.05, 4.69) is 10.5 Å². The van der Waals surface area contributed by atoms with Crippen molar-refractivity contribution in [2.24, 2.45) is 5.10 Å². The van der Waals surface area contributed by atoms with Crippen LogP contribution in [-0.4, -0.2) is 24.5 Å². The van der Waals surface area contributed by atoms with Crippen LogP contribution in [0.1, 0.15) is 30.6 Å².